The summed E-state index contributed by atoms with van der Waals surface area (Å²) in [5, 5.41) is 7.58. The number of ether oxygens (including phenoxy) is 2. The van der Waals surface area contributed by atoms with Crippen molar-refractivity contribution in [3.8, 4) is 0 Å². The second-order valence-electron chi connectivity index (χ2n) is 7.71. The van der Waals surface area contributed by atoms with E-state index in [0.29, 0.717) is 16.3 Å². The lowest BCUT2D eigenvalue weighted by atomic mass is 9.96. The van der Waals surface area contributed by atoms with Crippen LogP contribution in [0, 0.1) is 0 Å². The largest absolute Gasteiger partial charge is 0.465 e. The van der Waals surface area contributed by atoms with E-state index in [1.165, 1.54) is 7.11 Å². The van der Waals surface area contributed by atoms with Gasteiger partial charge in [0.2, 0.25) is 5.91 Å². The fourth-order valence-corrected chi connectivity index (χ4v) is 4.10. The molecule has 0 aliphatic rings. The molecule has 3 aromatic carbocycles. The zero-order chi connectivity index (χ0) is 25.9. The highest BCUT2D eigenvalue weighted by molar-refractivity contribution is 9.10. The van der Waals surface area contributed by atoms with Crippen LogP contribution in [0.15, 0.2) is 77.3 Å². The SMILES string of the molecule is COC(=O)C[NH2+][C@H](c1ccccc1Cl)c1cc(Br)ccc1NC(=O)CNC(=O)OCc1ccccc1. The molecule has 0 bridgehead atoms. The van der Waals surface area contributed by atoms with Crippen LogP contribution in [0.2, 0.25) is 5.02 Å². The number of halogens is 2. The van der Waals surface area contributed by atoms with Crippen LogP contribution >= 0.6 is 27.5 Å². The summed E-state index contributed by atoms with van der Waals surface area (Å²) < 4.78 is 10.7. The maximum atomic E-state index is 12.7. The third kappa shape index (κ3) is 8.08. The molecule has 0 saturated heterocycles. The Hall–Kier alpha value is -3.40. The molecule has 10 heteroatoms. The van der Waals surface area contributed by atoms with Crippen molar-refractivity contribution in [2.75, 3.05) is 25.5 Å². The molecule has 3 rings (SSSR count). The molecule has 0 saturated carbocycles. The first-order valence-corrected chi connectivity index (χ1v) is 12.2. The maximum absolute atomic E-state index is 12.7. The molecule has 2 amide bonds. The summed E-state index contributed by atoms with van der Waals surface area (Å²) in [7, 11) is 1.32. The Morgan fingerprint density at radius 3 is 2.44 bits per heavy atom. The van der Waals surface area contributed by atoms with Gasteiger partial charge in [0.1, 0.15) is 19.2 Å². The molecule has 0 aromatic heterocycles. The van der Waals surface area contributed by atoms with Crippen LogP contribution in [0.25, 0.3) is 0 Å². The van der Waals surface area contributed by atoms with Gasteiger partial charge in [0.05, 0.1) is 17.8 Å². The Morgan fingerprint density at radius 2 is 1.72 bits per heavy atom. The Morgan fingerprint density at radius 1 is 1.00 bits per heavy atom. The van der Waals surface area contributed by atoms with Gasteiger partial charge < -0.3 is 25.4 Å². The van der Waals surface area contributed by atoms with Gasteiger partial charge in [0.25, 0.3) is 0 Å². The average Bonchev–Trinajstić information content (AvgIpc) is 2.89. The normalized spacial score (nSPS) is 11.3. The van der Waals surface area contributed by atoms with E-state index in [2.05, 4.69) is 26.6 Å². The van der Waals surface area contributed by atoms with Gasteiger partial charge in [0.15, 0.2) is 6.54 Å². The molecule has 4 N–H and O–H groups in total. The third-order valence-corrected chi connectivity index (χ3v) is 6.05. The van der Waals surface area contributed by atoms with Gasteiger partial charge in [-0.15, -0.1) is 0 Å². The van der Waals surface area contributed by atoms with E-state index >= 15 is 0 Å². The van der Waals surface area contributed by atoms with Crippen LogP contribution < -0.4 is 16.0 Å². The van der Waals surface area contributed by atoms with E-state index < -0.39 is 24.0 Å². The summed E-state index contributed by atoms with van der Waals surface area (Å²) in [6, 6.07) is 21.5. The Kier molecular flexibility index (Phi) is 10.3. The molecule has 0 unspecified atom stereocenters. The van der Waals surface area contributed by atoms with Crippen LogP contribution in [0.4, 0.5) is 10.5 Å². The maximum Gasteiger partial charge on any atom is 0.407 e. The molecular formula is C26H26BrClN3O5+. The molecule has 36 heavy (non-hydrogen) atoms. The standard InChI is InChI=1S/C26H25BrClN3O5/c1-35-24(33)15-29-25(19-9-5-6-10-21(19)28)20-13-18(27)11-12-22(20)31-23(32)14-30-26(34)36-16-17-7-3-2-4-8-17/h2-13,25,29H,14-16H2,1H3,(H,30,34)(H,31,32)/p+1/t25-/m1/s1. The summed E-state index contributed by atoms with van der Waals surface area (Å²) in [6.45, 7) is -0.145. The second-order valence-corrected chi connectivity index (χ2v) is 9.03. The smallest absolute Gasteiger partial charge is 0.407 e. The first kappa shape index (κ1) is 27.2. The Labute approximate surface area is 222 Å². The molecule has 0 aliphatic carbocycles. The quantitative estimate of drug-likeness (QED) is 0.319. The number of nitrogens with one attached hydrogen (secondary N) is 2. The number of methoxy groups -OCH3 is 1. The lowest BCUT2D eigenvalue weighted by molar-refractivity contribution is -0.677. The van der Waals surface area contributed by atoms with Crippen molar-refractivity contribution in [3.05, 3.63) is 99.0 Å². The third-order valence-electron chi connectivity index (χ3n) is 5.22. The number of hydrogen-bond acceptors (Lipinski definition) is 5. The molecule has 0 aliphatic heterocycles. The first-order valence-electron chi connectivity index (χ1n) is 11.1. The summed E-state index contributed by atoms with van der Waals surface area (Å²) >= 11 is 9.96. The van der Waals surface area contributed by atoms with E-state index in [1.807, 2.05) is 54.6 Å². The number of rotatable bonds is 10. The van der Waals surface area contributed by atoms with Crippen LogP contribution in [0.5, 0.6) is 0 Å². The molecule has 8 nitrogen and oxygen atoms in total. The van der Waals surface area contributed by atoms with Crippen molar-refractivity contribution in [3.63, 3.8) is 0 Å². The van der Waals surface area contributed by atoms with Crippen LogP contribution in [0.1, 0.15) is 22.7 Å². The highest BCUT2D eigenvalue weighted by atomic mass is 79.9. The molecular weight excluding hydrogens is 550 g/mol. The lowest BCUT2D eigenvalue weighted by Gasteiger charge is -2.21. The number of carbonyl (C=O) groups is 3. The zero-order valence-corrected chi connectivity index (χ0v) is 21.8. The molecule has 0 radical (unpaired) electrons. The number of alkyl carbamates (subject to hydrolysis) is 1. The summed E-state index contributed by atoms with van der Waals surface area (Å²) in [6.07, 6.45) is -0.703. The number of anilines is 1. The second kappa shape index (κ2) is 13.6. The van der Waals surface area contributed by atoms with Gasteiger partial charge in [-0.2, -0.15) is 0 Å². The van der Waals surface area contributed by atoms with E-state index in [-0.39, 0.29) is 19.7 Å². The summed E-state index contributed by atoms with van der Waals surface area (Å²) in [5.41, 5.74) is 2.82. The molecule has 0 fully saturated rings. The van der Waals surface area contributed by atoms with Crippen LogP contribution in [-0.4, -0.2) is 38.2 Å². The molecule has 0 spiro atoms. The number of quaternary nitrogens is 1. The number of hydrogen-bond donors (Lipinski definition) is 3. The minimum Gasteiger partial charge on any atom is -0.465 e. The Bertz CT molecular complexity index is 1210. The van der Waals surface area contributed by atoms with E-state index in [0.717, 1.165) is 15.6 Å². The fourth-order valence-electron chi connectivity index (χ4n) is 3.47. The monoisotopic (exact) mass is 574 g/mol. The van der Waals surface area contributed by atoms with E-state index in [9.17, 15) is 14.4 Å². The highest BCUT2D eigenvalue weighted by Gasteiger charge is 2.25. The van der Waals surface area contributed by atoms with Gasteiger partial charge in [0, 0.05) is 15.6 Å². The van der Waals surface area contributed by atoms with Gasteiger partial charge in [-0.3, -0.25) is 4.79 Å². The van der Waals surface area contributed by atoms with E-state index in [4.69, 9.17) is 21.1 Å². The van der Waals surface area contributed by atoms with Crippen molar-refractivity contribution in [2.24, 2.45) is 0 Å². The molecule has 3 aromatic rings. The molecule has 188 valence electrons. The van der Waals surface area contributed by atoms with Crippen LogP contribution in [0.3, 0.4) is 0 Å². The lowest BCUT2D eigenvalue weighted by Crippen LogP contribution is -2.87. The van der Waals surface area contributed by atoms with Crippen molar-refractivity contribution in [2.45, 2.75) is 12.6 Å². The van der Waals surface area contributed by atoms with Crippen molar-refractivity contribution in [1.29, 1.82) is 0 Å². The number of nitrogens with two attached hydrogens (primary N) is 1. The summed E-state index contributed by atoms with van der Waals surface area (Å²) in [4.78, 5) is 36.5. The molecule has 0 heterocycles. The van der Waals surface area contributed by atoms with E-state index in [1.54, 1.807) is 23.5 Å². The van der Waals surface area contributed by atoms with Gasteiger partial charge in [-0.1, -0.05) is 76.1 Å². The topological polar surface area (TPSA) is 110 Å². The predicted octanol–water partition coefficient (Wildman–Crippen LogP) is 3.79. The van der Waals surface area contributed by atoms with Gasteiger partial charge >= 0.3 is 12.1 Å². The van der Waals surface area contributed by atoms with Crippen molar-refractivity contribution >= 4 is 51.2 Å². The minimum absolute atomic E-state index is 0.0428. The highest BCUT2D eigenvalue weighted by Crippen LogP contribution is 2.32. The number of esters is 1. The molecule has 1 atom stereocenters. The predicted molar refractivity (Wildman–Crippen MR) is 140 cm³/mol. The average molecular weight is 576 g/mol. The van der Waals surface area contributed by atoms with Gasteiger partial charge in [-0.25, -0.2) is 9.59 Å². The number of amides is 2. The fraction of sp³-hybridized carbons (Fsp3) is 0.192. The first-order chi connectivity index (χ1) is 17.4. The number of carbonyl (C=O) groups excluding carboxylic acids is 3. The minimum atomic E-state index is -0.703. The van der Waals surface area contributed by atoms with Crippen molar-refractivity contribution in [1.82, 2.24) is 5.32 Å². The van der Waals surface area contributed by atoms with Crippen LogP contribution in [-0.2, 0) is 25.7 Å². The summed E-state index contributed by atoms with van der Waals surface area (Å²) in [5.74, 6) is -0.841. The van der Waals surface area contributed by atoms with Crippen molar-refractivity contribution < 1.29 is 29.2 Å². The zero-order valence-electron chi connectivity index (χ0n) is 19.5. The number of benzene rings is 3. The van der Waals surface area contributed by atoms with Gasteiger partial charge in [-0.05, 0) is 29.8 Å². The Balaban J connectivity index is 1.72.